The number of halogens is 2. The monoisotopic (exact) mass is 360 g/mol. The van der Waals surface area contributed by atoms with Crippen LogP contribution < -0.4 is 10.6 Å². The second kappa shape index (κ2) is 6.84. The molecule has 0 radical (unpaired) electrons. The minimum Gasteiger partial charge on any atom is -0.325 e. The van der Waals surface area contributed by atoms with Gasteiger partial charge in [0.15, 0.2) is 0 Å². The standard InChI is InChI=1S/C19H18ClFN2O2/c1-12(24)22-17-11-15(6-7-16(17)21)23-18(25)19(8-3-9-19)13-4-2-5-14(20)10-13/h2,4-7,10-11H,3,8-9H2,1H3,(H,22,24)(H,23,25). The number of hydrogen-bond donors (Lipinski definition) is 2. The van der Waals surface area contributed by atoms with Crippen molar-refractivity contribution in [3.63, 3.8) is 0 Å². The van der Waals surface area contributed by atoms with E-state index < -0.39 is 11.2 Å². The Morgan fingerprint density at radius 1 is 1.12 bits per heavy atom. The van der Waals surface area contributed by atoms with Gasteiger partial charge in [-0.25, -0.2) is 4.39 Å². The van der Waals surface area contributed by atoms with Crippen molar-refractivity contribution < 1.29 is 14.0 Å². The van der Waals surface area contributed by atoms with E-state index in [1.165, 1.54) is 25.1 Å². The Balaban J connectivity index is 1.85. The summed E-state index contributed by atoms with van der Waals surface area (Å²) in [7, 11) is 0. The van der Waals surface area contributed by atoms with Crippen molar-refractivity contribution >= 4 is 34.8 Å². The third-order valence-electron chi connectivity index (χ3n) is 4.55. The first-order valence-corrected chi connectivity index (χ1v) is 8.43. The highest BCUT2D eigenvalue weighted by molar-refractivity contribution is 6.30. The molecule has 0 aromatic heterocycles. The largest absolute Gasteiger partial charge is 0.325 e. The van der Waals surface area contributed by atoms with Gasteiger partial charge in [-0.1, -0.05) is 30.2 Å². The summed E-state index contributed by atoms with van der Waals surface area (Å²) in [5.74, 6) is -1.08. The van der Waals surface area contributed by atoms with E-state index in [-0.39, 0.29) is 17.5 Å². The molecule has 1 aliphatic rings. The average molecular weight is 361 g/mol. The van der Waals surface area contributed by atoms with Crippen molar-refractivity contribution in [3.05, 3.63) is 58.9 Å². The van der Waals surface area contributed by atoms with Crippen LogP contribution in [0.4, 0.5) is 15.8 Å². The Labute approximate surface area is 150 Å². The molecule has 0 bridgehead atoms. The number of rotatable bonds is 4. The number of amides is 2. The fourth-order valence-corrected chi connectivity index (χ4v) is 3.29. The first-order chi connectivity index (χ1) is 11.9. The molecule has 1 saturated carbocycles. The van der Waals surface area contributed by atoms with Crippen LogP contribution in [-0.2, 0) is 15.0 Å². The van der Waals surface area contributed by atoms with Gasteiger partial charge in [-0.15, -0.1) is 0 Å². The molecule has 130 valence electrons. The molecule has 0 spiro atoms. The highest BCUT2D eigenvalue weighted by Crippen LogP contribution is 2.45. The van der Waals surface area contributed by atoms with Crippen LogP contribution in [0, 0.1) is 5.82 Å². The van der Waals surface area contributed by atoms with E-state index in [4.69, 9.17) is 11.6 Å². The van der Waals surface area contributed by atoms with Gasteiger partial charge in [0, 0.05) is 17.6 Å². The molecular formula is C19H18ClFN2O2. The van der Waals surface area contributed by atoms with Crippen molar-refractivity contribution in [1.29, 1.82) is 0 Å². The third kappa shape index (κ3) is 3.51. The number of benzene rings is 2. The Morgan fingerprint density at radius 3 is 2.48 bits per heavy atom. The van der Waals surface area contributed by atoms with Crippen LogP contribution in [0.3, 0.4) is 0 Å². The van der Waals surface area contributed by atoms with Crippen molar-refractivity contribution in [2.75, 3.05) is 10.6 Å². The van der Waals surface area contributed by atoms with Crippen LogP contribution in [0.25, 0.3) is 0 Å². The van der Waals surface area contributed by atoms with E-state index in [9.17, 15) is 14.0 Å². The van der Waals surface area contributed by atoms with Crippen LogP contribution in [0.1, 0.15) is 31.7 Å². The van der Waals surface area contributed by atoms with E-state index in [0.29, 0.717) is 10.7 Å². The summed E-state index contributed by atoms with van der Waals surface area (Å²) in [5.41, 5.74) is 0.736. The summed E-state index contributed by atoms with van der Waals surface area (Å²) in [5, 5.41) is 5.84. The maximum Gasteiger partial charge on any atom is 0.235 e. The van der Waals surface area contributed by atoms with E-state index in [2.05, 4.69) is 10.6 Å². The van der Waals surface area contributed by atoms with Crippen LogP contribution in [0.2, 0.25) is 5.02 Å². The summed E-state index contributed by atoms with van der Waals surface area (Å²) in [4.78, 5) is 24.1. The molecule has 4 nitrogen and oxygen atoms in total. The smallest absolute Gasteiger partial charge is 0.235 e. The van der Waals surface area contributed by atoms with Gasteiger partial charge in [0.05, 0.1) is 11.1 Å². The molecule has 2 N–H and O–H groups in total. The SMILES string of the molecule is CC(=O)Nc1cc(NC(=O)C2(c3cccc(Cl)c3)CCC2)ccc1F. The molecule has 2 aromatic rings. The fourth-order valence-electron chi connectivity index (χ4n) is 3.10. The molecule has 2 amide bonds. The van der Waals surface area contributed by atoms with Gasteiger partial charge in [0.2, 0.25) is 11.8 Å². The molecule has 0 unspecified atom stereocenters. The highest BCUT2D eigenvalue weighted by atomic mass is 35.5. The molecule has 1 fully saturated rings. The topological polar surface area (TPSA) is 58.2 Å². The predicted molar refractivity (Wildman–Crippen MR) is 96.3 cm³/mol. The number of carbonyl (C=O) groups excluding carboxylic acids is 2. The van der Waals surface area contributed by atoms with Crippen LogP contribution in [0.5, 0.6) is 0 Å². The lowest BCUT2D eigenvalue weighted by atomic mass is 9.64. The van der Waals surface area contributed by atoms with Crippen LogP contribution in [0.15, 0.2) is 42.5 Å². The molecule has 3 rings (SSSR count). The zero-order valence-corrected chi connectivity index (χ0v) is 14.5. The molecule has 25 heavy (non-hydrogen) atoms. The lowest BCUT2D eigenvalue weighted by Gasteiger charge is -2.40. The average Bonchev–Trinajstić information content (AvgIpc) is 2.49. The Bertz CT molecular complexity index is 834. The van der Waals surface area contributed by atoms with Gasteiger partial charge in [0.25, 0.3) is 0 Å². The Hall–Kier alpha value is -2.40. The zero-order chi connectivity index (χ0) is 18.0. The van der Waals surface area contributed by atoms with Crippen LogP contribution >= 0.6 is 11.6 Å². The molecule has 0 atom stereocenters. The summed E-state index contributed by atoms with van der Waals surface area (Å²) in [6.45, 7) is 1.30. The fraction of sp³-hybridized carbons (Fsp3) is 0.263. The van der Waals surface area contributed by atoms with Crippen molar-refractivity contribution in [2.24, 2.45) is 0 Å². The quantitative estimate of drug-likeness (QED) is 0.843. The second-order valence-corrected chi connectivity index (χ2v) is 6.71. The summed E-state index contributed by atoms with van der Waals surface area (Å²) < 4.78 is 13.7. The minimum atomic E-state index is -0.618. The number of carbonyl (C=O) groups is 2. The maximum absolute atomic E-state index is 13.7. The zero-order valence-electron chi connectivity index (χ0n) is 13.7. The molecular weight excluding hydrogens is 343 g/mol. The van der Waals surface area contributed by atoms with E-state index in [1.807, 2.05) is 18.2 Å². The highest BCUT2D eigenvalue weighted by Gasteiger charge is 2.45. The molecule has 0 aliphatic heterocycles. The van der Waals surface area contributed by atoms with E-state index in [1.54, 1.807) is 6.07 Å². The molecule has 0 saturated heterocycles. The van der Waals surface area contributed by atoms with Crippen LogP contribution in [-0.4, -0.2) is 11.8 Å². The molecule has 1 aliphatic carbocycles. The molecule has 6 heteroatoms. The van der Waals surface area contributed by atoms with Gasteiger partial charge in [-0.3, -0.25) is 9.59 Å². The van der Waals surface area contributed by atoms with E-state index >= 15 is 0 Å². The Morgan fingerprint density at radius 2 is 1.88 bits per heavy atom. The second-order valence-electron chi connectivity index (χ2n) is 6.28. The molecule has 0 heterocycles. The first kappa shape index (κ1) is 17.4. The summed E-state index contributed by atoms with van der Waals surface area (Å²) in [6.07, 6.45) is 2.43. The maximum atomic E-state index is 13.7. The van der Waals surface area contributed by atoms with Crippen molar-refractivity contribution in [2.45, 2.75) is 31.6 Å². The minimum absolute atomic E-state index is 0.0377. The van der Waals surface area contributed by atoms with Gasteiger partial charge >= 0.3 is 0 Å². The number of nitrogens with one attached hydrogen (secondary N) is 2. The van der Waals surface area contributed by atoms with Gasteiger partial charge < -0.3 is 10.6 Å². The Kier molecular flexibility index (Phi) is 4.77. The first-order valence-electron chi connectivity index (χ1n) is 8.05. The summed E-state index contributed by atoms with van der Waals surface area (Å²) in [6, 6.07) is 11.4. The van der Waals surface area contributed by atoms with Crippen molar-refractivity contribution in [3.8, 4) is 0 Å². The van der Waals surface area contributed by atoms with Crippen molar-refractivity contribution in [1.82, 2.24) is 0 Å². The van der Waals surface area contributed by atoms with Gasteiger partial charge in [0.1, 0.15) is 5.82 Å². The van der Waals surface area contributed by atoms with E-state index in [0.717, 1.165) is 24.8 Å². The third-order valence-corrected chi connectivity index (χ3v) is 4.79. The number of anilines is 2. The van der Waals surface area contributed by atoms with Gasteiger partial charge in [-0.05, 0) is 48.7 Å². The lowest BCUT2D eigenvalue weighted by Crippen LogP contribution is -2.46. The molecule has 2 aromatic carbocycles. The lowest BCUT2D eigenvalue weighted by molar-refractivity contribution is -0.124. The summed E-state index contributed by atoms with van der Waals surface area (Å²) >= 11 is 6.07. The normalized spacial score (nSPS) is 15.2. The number of hydrogen-bond acceptors (Lipinski definition) is 2. The van der Waals surface area contributed by atoms with Gasteiger partial charge in [-0.2, -0.15) is 0 Å². The predicted octanol–water partition coefficient (Wildman–Crippen LogP) is 4.50.